The van der Waals surface area contributed by atoms with E-state index in [0.29, 0.717) is 5.56 Å². The van der Waals surface area contributed by atoms with Crippen LogP contribution in [0.2, 0.25) is 0 Å². The largest absolute Gasteiger partial charge is 0.368 e. The number of nitrogens with two attached hydrogens (primary N) is 1. The maximum Gasteiger partial charge on any atom is 0.254 e. The van der Waals surface area contributed by atoms with Crippen LogP contribution in [0.1, 0.15) is 41.5 Å². The number of carbonyl (C=O) groups is 1. The lowest BCUT2D eigenvalue weighted by Gasteiger charge is -2.41. The molecule has 8 heteroatoms. The average Bonchev–Trinajstić information content (AvgIpc) is 3.04. The van der Waals surface area contributed by atoms with E-state index in [1.54, 1.807) is 13.2 Å². The molecular formula is C16H23N7O. The van der Waals surface area contributed by atoms with Crippen molar-refractivity contribution < 1.29 is 4.79 Å². The second-order valence-electron chi connectivity index (χ2n) is 6.55. The van der Waals surface area contributed by atoms with Crippen molar-refractivity contribution in [1.82, 2.24) is 25.5 Å². The summed E-state index contributed by atoms with van der Waals surface area (Å²) in [5, 5.41) is 9.79. The lowest BCUT2D eigenvalue weighted by atomic mass is 9.77. The van der Waals surface area contributed by atoms with Crippen LogP contribution in [0.3, 0.4) is 0 Å². The number of nitrogens with one attached hydrogen (secondary N) is 2. The van der Waals surface area contributed by atoms with Gasteiger partial charge < -0.3 is 16.0 Å². The first-order valence-corrected chi connectivity index (χ1v) is 8.05. The highest BCUT2D eigenvalue weighted by molar-refractivity contribution is 5.95. The van der Waals surface area contributed by atoms with E-state index in [4.69, 9.17) is 5.73 Å². The summed E-state index contributed by atoms with van der Waals surface area (Å²) in [7, 11) is 1.63. The molecule has 0 aromatic carbocycles. The van der Waals surface area contributed by atoms with Gasteiger partial charge in [0.2, 0.25) is 5.95 Å². The minimum atomic E-state index is -0.218. The first kappa shape index (κ1) is 16.2. The van der Waals surface area contributed by atoms with E-state index in [-0.39, 0.29) is 17.3 Å². The van der Waals surface area contributed by atoms with Gasteiger partial charge in [-0.2, -0.15) is 10.1 Å². The van der Waals surface area contributed by atoms with Gasteiger partial charge in [-0.05, 0) is 19.8 Å². The Balaban J connectivity index is 1.92. The quantitative estimate of drug-likeness (QED) is 0.774. The molecule has 2 aromatic rings. The van der Waals surface area contributed by atoms with Crippen LogP contribution in [0.4, 0.5) is 11.8 Å². The van der Waals surface area contributed by atoms with Crippen molar-refractivity contribution in [3.63, 3.8) is 0 Å². The minimum Gasteiger partial charge on any atom is -0.368 e. The second-order valence-corrected chi connectivity index (χ2v) is 6.55. The van der Waals surface area contributed by atoms with Crippen LogP contribution < -0.4 is 16.0 Å². The van der Waals surface area contributed by atoms with Gasteiger partial charge in [0.15, 0.2) is 0 Å². The van der Waals surface area contributed by atoms with E-state index in [2.05, 4.69) is 37.3 Å². The first-order valence-electron chi connectivity index (χ1n) is 8.05. The molecule has 0 aliphatic carbocycles. The zero-order chi connectivity index (χ0) is 17.3. The molecule has 3 heterocycles. The van der Waals surface area contributed by atoms with Gasteiger partial charge in [-0.25, -0.2) is 4.98 Å². The van der Waals surface area contributed by atoms with Gasteiger partial charge in [0.1, 0.15) is 5.82 Å². The number of amides is 1. The number of nitrogens with zero attached hydrogens (tertiary/aromatic N) is 4. The number of hydrogen-bond acceptors (Lipinski definition) is 6. The first-order chi connectivity index (χ1) is 11.4. The highest BCUT2D eigenvalue weighted by Gasteiger charge is 2.37. The fraction of sp³-hybridized carbons (Fsp3) is 0.500. The van der Waals surface area contributed by atoms with Crippen molar-refractivity contribution in [2.45, 2.75) is 32.1 Å². The van der Waals surface area contributed by atoms with Crippen molar-refractivity contribution in [2.75, 3.05) is 30.8 Å². The third-order valence-electron chi connectivity index (χ3n) is 4.59. The van der Waals surface area contributed by atoms with E-state index < -0.39 is 0 Å². The lowest BCUT2D eigenvalue weighted by Crippen LogP contribution is -2.46. The van der Waals surface area contributed by atoms with Crippen LogP contribution in [0, 0.1) is 6.92 Å². The Labute approximate surface area is 140 Å². The van der Waals surface area contributed by atoms with Crippen molar-refractivity contribution in [1.29, 1.82) is 0 Å². The number of piperidine rings is 1. The van der Waals surface area contributed by atoms with Gasteiger partial charge in [-0.15, -0.1) is 0 Å². The second kappa shape index (κ2) is 6.10. The lowest BCUT2D eigenvalue weighted by molar-refractivity contribution is 0.0960. The van der Waals surface area contributed by atoms with Crippen molar-refractivity contribution in [2.24, 2.45) is 0 Å². The molecule has 4 N–H and O–H groups in total. The Hall–Kier alpha value is -2.64. The molecule has 1 saturated heterocycles. The fourth-order valence-corrected chi connectivity index (χ4v) is 3.43. The van der Waals surface area contributed by atoms with Crippen molar-refractivity contribution in [3.8, 4) is 0 Å². The summed E-state index contributed by atoms with van der Waals surface area (Å²) >= 11 is 0. The van der Waals surface area contributed by atoms with Crippen LogP contribution in [0.25, 0.3) is 0 Å². The van der Waals surface area contributed by atoms with E-state index in [1.165, 1.54) is 0 Å². The average molecular weight is 329 g/mol. The predicted octanol–water partition coefficient (Wildman–Crippen LogP) is 1.01. The van der Waals surface area contributed by atoms with Crippen LogP contribution >= 0.6 is 0 Å². The molecule has 0 radical (unpaired) electrons. The molecule has 1 atom stereocenters. The van der Waals surface area contributed by atoms with Gasteiger partial charge >= 0.3 is 0 Å². The van der Waals surface area contributed by atoms with E-state index in [9.17, 15) is 4.79 Å². The highest BCUT2D eigenvalue weighted by Crippen LogP contribution is 2.36. The molecule has 0 spiro atoms. The van der Waals surface area contributed by atoms with Crippen LogP contribution in [0.15, 0.2) is 12.3 Å². The Morgan fingerprint density at radius 3 is 2.96 bits per heavy atom. The molecule has 1 aliphatic heterocycles. The van der Waals surface area contributed by atoms with Gasteiger partial charge in [0, 0.05) is 37.3 Å². The molecule has 24 heavy (non-hydrogen) atoms. The molecule has 0 unspecified atom stereocenters. The van der Waals surface area contributed by atoms with Gasteiger partial charge in [-0.3, -0.25) is 9.89 Å². The molecule has 0 saturated carbocycles. The summed E-state index contributed by atoms with van der Waals surface area (Å²) < 4.78 is 0. The number of aryl methyl sites for hydroxylation is 1. The smallest absolute Gasteiger partial charge is 0.254 e. The molecule has 1 amide bonds. The zero-order valence-electron chi connectivity index (χ0n) is 14.3. The molecule has 8 nitrogen and oxygen atoms in total. The summed E-state index contributed by atoms with van der Waals surface area (Å²) in [5.74, 6) is 0.982. The summed E-state index contributed by atoms with van der Waals surface area (Å²) in [5.41, 5.74) is 7.88. The molecule has 1 fully saturated rings. The minimum absolute atomic E-state index is 0.126. The van der Waals surface area contributed by atoms with Crippen LogP contribution in [0.5, 0.6) is 0 Å². The topological polar surface area (TPSA) is 113 Å². The Bertz CT molecular complexity index is 736. The maximum atomic E-state index is 12.1. The summed E-state index contributed by atoms with van der Waals surface area (Å²) in [6.07, 6.45) is 3.55. The normalized spacial score (nSPS) is 20.9. The number of hydrogen-bond donors (Lipinski definition) is 3. The number of aromatic amines is 1. The zero-order valence-corrected chi connectivity index (χ0v) is 14.3. The number of carbonyl (C=O) groups excluding carboxylic acids is 1. The third kappa shape index (κ3) is 2.91. The van der Waals surface area contributed by atoms with Crippen molar-refractivity contribution in [3.05, 3.63) is 29.2 Å². The Morgan fingerprint density at radius 2 is 2.25 bits per heavy atom. The standard InChI is InChI=1S/C16H23N7O/c1-10-7-12(21-15(17)20-10)23-6-4-5-16(2,9-23)13-11(8-19-22-13)14(24)18-3/h7-8H,4-6,9H2,1-3H3,(H,18,24)(H,19,22)(H2,17,20,21)/t16-/m1/s1. The SMILES string of the molecule is CNC(=O)c1cn[nH]c1[C@]1(C)CCCN(c2cc(C)nc(N)n2)C1. The Morgan fingerprint density at radius 1 is 1.46 bits per heavy atom. The van der Waals surface area contributed by atoms with Crippen molar-refractivity contribution >= 4 is 17.7 Å². The van der Waals surface area contributed by atoms with Gasteiger partial charge in [-0.1, -0.05) is 6.92 Å². The summed E-state index contributed by atoms with van der Waals surface area (Å²) in [6.45, 7) is 5.68. The molecule has 2 aromatic heterocycles. The molecular weight excluding hydrogens is 306 g/mol. The number of H-pyrrole nitrogens is 1. The predicted molar refractivity (Wildman–Crippen MR) is 92.0 cm³/mol. The van der Waals surface area contributed by atoms with E-state index in [0.717, 1.165) is 43.1 Å². The summed E-state index contributed by atoms with van der Waals surface area (Å²) in [6, 6.07) is 1.94. The number of rotatable bonds is 3. The Kier molecular flexibility index (Phi) is 4.13. The number of aromatic nitrogens is 4. The van der Waals surface area contributed by atoms with Crippen LogP contribution in [-0.4, -0.2) is 46.2 Å². The monoisotopic (exact) mass is 329 g/mol. The summed E-state index contributed by atoms with van der Waals surface area (Å²) in [4.78, 5) is 22.8. The van der Waals surface area contributed by atoms with E-state index in [1.807, 2.05) is 13.0 Å². The highest BCUT2D eigenvalue weighted by atomic mass is 16.1. The van der Waals surface area contributed by atoms with Gasteiger partial charge in [0.25, 0.3) is 5.91 Å². The molecule has 128 valence electrons. The number of anilines is 2. The number of nitrogen functional groups attached to an aromatic ring is 1. The maximum absolute atomic E-state index is 12.1. The van der Waals surface area contributed by atoms with Crippen LogP contribution in [-0.2, 0) is 5.41 Å². The molecule has 1 aliphatic rings. The van der Waals surface area contributed by atoms with E-state index >= 15 is 0 Å². The van der Waals surface area contributed by atoms with Gasteiger partial charge in [0.05, 0.1) is 17.5 Å². The molecule has 0 bridgehead atoms. The molecule has 3 rings (SSSR count). The fourth-order valence-electron chi connectivity index (χ4n) is 3.43. The third-order valence-corrected chi connectivity index (χ3v) is 4.59.